The Bertz CT molecular complexity index is 717. The van der Waals surface area contributed by atoms with Crippen molar-refractivity contribution in [1.82, 2.24) is 20.6 Å². The third-order valence-corrected chi connectivity index (χ3v) is 2.37. The SMILES string of the molecule is Cc1cc(NC=C(C#N)c2nn[nH]n2)cc(OC(F)(F)F)c1. The van der Waals surface area contributed by atoms with Gasteiger partial charge in [0.15, 0.2) is 0 Å². The summed E-state index contributed by atoms with van der Waals surface area (Å²) in [5, 5.41) is 24.5. The van der Waals surface area contributed by atoms with Gasteiger partial charge in [-0.25, -0.2) is 0 Å². The van der Waals surface area contributed by atoms with Crippen LogP contribution in [0.15, 0.2) is 24.4 Å². The van der Waals surface area contributed by atoms with Gasteiger partial charge in [0.2, 0.25) is 5.82 Å². The van der Waals surface area contributed by atoms with Crippen molar-refractivity contribution in [2.24, 2.45) is 0 Å². The molecule has 0 aliphatic heterocycles. The van der Waals surface area contributed by atoms with Gasteiger partial charge in [0.1, 0.15) is 17.4 Å². The molecule has 114 valence electrons. The van der Waals surface area contributed by atoms with Crippen LogP contribution in [0.5, 0.6) is 5.75 Å². The van der Waals surface area contributed by atoms with Crippen molar-refractivity contribution in [3.05, 3.63) is 35.8 Å². The number of nitrogens with zero attached hydrogens (tertiary/aromatic N) is 4. The first-order valence-corrected chi connectivity index (χ1v) is 5.85. The third-order valence-electron chi connectivity index (χ3n) is 2.37. The largest absolute Gasteiger partial charge is 0.573 e. The number of tetrazole rings is 1. The van der Waals surface area contributed by atoms with Gasteiger partial charge in [-0.15, -0.1) is 23.4 Å². The highest BCUT2D eigenvalue weighted by molar-refractivity contribution is 5.74. The number of aromatic amines is 1. The van der Waals surface area contributed by atoms with Crippen molar-refractivity contribution >= 4 is 11.3 Å². The number of alkyl halides is 3. The van der Waals surface area contributed by atoms with Gasteiger partial charge in [-0.3, -0.25) is 0 Å². The van der Waals surface area contributed by atoms with E-state index in [-0.39, 0.29) is 17.1 Å². The second kappa shape index (κ2) is 6.13. The van der Waals surface area contributed by atoms with Crippen molar-refractivity contribution in [2.75, 3.05) is 5.32 Å². The number of halogens is 3. The highest BCUT2D eigenvalue weighted by atomic mass is 19.4. The van der Waals surface area contributed by atoms with E-state index in [2.05, 4.69) is 30.7 Å². The molecule has 0 amide bonds. The molecule has 0 spiro atoms. The number of nitriles is 1. The van der Waals surface area contributed by atoms with Gasteiger partial charge in [0.25, 0.3) is 0 Å². The molecule has 2 N–H and O–H groups in total. The molecule has 0 saturated carbocycles. The molecule has 22 heavy (non-hydrogen) atoms. The molecule has 0 aliphatic rings. The first-order chi connectivity index (χ1) is 10.4. The van der Waals surface area contributed by atoms with Gasteiger partial charge >= 0.3 is 6.36 Å². The summed E-state index contributed by atoms with van der Waals surface area (Å²) < 4.78 is 40.6. The van der Waals surface area contributed by atoms with Gasteiger partial charge < -0.3 is 10.1 Å². The number of rotatable bonds is 4. The number of aryl methyl sites for hydroxylation is 1. The summed E-state index contributed by atoms with van der Waals surface area (Å²) >= 11 is 0. The van der Waals surface area contributed by atoms with Crippen LogP contribution < -0.4 is 10.1 Å². The van der Waals surface area contributed by atoms with E-state index in [0.717, 1.165) is 6.07 Å². The van der Waals surface area contributed by atoms with Crippen molar-refractivity contribution in [3.8, 4) is 11.8 Å². The maximum absolute atomic E-state index is 12.2. The molecule has 7 nitrogen and oxygen atoms in total. The average Bonchev–Trinajstić information content (AvgIpc) is 2.90. The minimum Gasteiger partial charge on any atom is -0.406 e. The smallest absolute Gasteiger partial charge is 0.406 e. The van der Waals surface area contributed by atoms with Crippen LogP contribution in [0, 0.1) is 18.3 Å². The van der Waals surface area contributed by atoms with Gasteiger partial charge in [-0.05, 0) is 29.8 Å². The summed E-state index contributed by atoms with van der Waals surface area (Å²) in [7, 11) is 0. The molecule has 0 fully saturated rings. The number of ether oxygens (including phenoxy) is 1. The van der Waals surface area contributed by atoms with Crippen LogP contribution >= 0.6 is 0 Å². The lowest BCUT2D eigenvalue weighted by molar-refractivity contribution is -0.274. The van der Waals surface area contributed by atoms with Gasteiger partial charge in [-0.2, -0.15) is 10.5 Å². The van der Waals surface area contributed by atoms with E-state index in [4.69, 9.17) is 5.26 Å². The number of H-pyrrole nitrogens is 1. The summed E-state index contributed by atoms with van der Waals surface area (Å²) in [5.74, 6) is -0.295. The second-order valence-electron chi connectivity index (χ2n) is 4.13. The molecule has 1 aromatic carbocycles. The van der Waals surface area contributed by atoms with Crippen molar-refractivity contribution in [1.29, 1.82) is 5.26 Å². The van der Waals surface area contributed by atoms with Crippen molar-refractivity contribution in [2.45, 2.75) is 13.3 Å². The first-order valence-electron chi connectivity index (χ1n) is 5.85. The molecular weight excluding hydrogens is 301 g/mol. The number of allylic oxidation sites excluding steroid dienone is 1. The first kappa shape index (κ1) is 15.3. The van der Waals surface area contributed by atoms with Gasteiger partial charge in [0, 0.05) is 18.0 Å². The Hall–Kier alpha value is -3.09. The highest BCUT2D eigenvalue weighted by Crippen LogP contribution is 2.27. The number of hydrogen-bond donors (Lipinski definition) is 2. The molecule has 0 radical (unpaired) electrons. The lowest BCUT2D eigenvalue weighted by Gasteiger charge is -2.11. The van der Waals surface area contributed by atoms with Gasteiger partial charge in [0.05, 0.1) is 0 Å². The monoisotopic (exact) mass is 310 g/mol. The van der Waals surface area contributed by atoms with Crippen LogP contribution in [0.2, 0.25) is 0 Å². The quantitative estimate of drug-likeness (QED) is 0.841. The lowest BCUT2D eigenvalue weighted by Crippen LogP contribution is -2.17. The van der Waals surface area contributed by atoms with Crippen molar-refractivity contribution < 1.29 is 17.9 Å². The topological polar surface area (TPSA) is 99.5 Å². The number of benzene rings is 1. The molecular formula is C12H9F3N6O. The Morgan fingerprint density at radius 1 is 1.41 bits per heavy atom. The number of hydrogen-bond acceptors (Lipinski definition) is 6. The number of nitrogens with one attached hydrogen (secondary N) is 2. The lowest BCUT2D eigenvalue weighted by atomic mass is 10.2. The Labute approximate surface area is 122 Å². The molecule has 0 saturated heterocycles. The zero-order valence-corrected chi connectivity index (χ0v) is 11.1. The van der Waals surface area contributed by atoms with E-state index in [1.165, 1.54) is 12.3 Å². The van der Waals surface area contributed by atoms with Crippen LogP contribution in [-0.4, -0.2) is 27.0 Å². The van der Waals surface area contributed by atoms with E-state index in [1.54, 1.807) is 13.0 Å². The third kappa shape index (κ3) is 4.20. The fourth-order valence-electron chi connectivity index (χ4n) is 1.60. The molecule has 0 atom stereocenters. The highest BCUT2D eigenvalue weighted by Gasteiger charge is 2.31. The molecule has 2 rings (SSSR count). The summed E-state index contributed by atoms with van der Waals surface area (Å²) in [5.41, 5.74) is 0.930. The van der Waals surface area contributed by atoms with Crippen molar-refractivity contribution in [3.63, 3.8) is 0 Å². The van der Waals surface area contributed by atoms with E-state index in [0.29, 0.717) is 11.3 Å². The van der Waals surface area contributed by atoms with Crippen LogP contribution in [0.25, 0.3) is 5.57 Å². The second-order valence-corrected chi connectivity index (χ2v) is 4.13. The minimum atomic E-state index is -4.77. The standard InChI is InChI=1S/C12H9F3N6O/c1-7-2-9(4-10(3-7)22-12(13,14)15)17-6-8(5-16)11-18-20-21-19-11/h2-4,6,17H,1H3,(H,18,19,20,21). The number of aromatic nitrogens is 4. The molecule has 0 aliphatic carbocycles. The van der Waals surface area contributed by atoms with E-state index < -0.39 is 6.36 Å². The molecule has 10 heteroatoms. The summed E-state index contributed by atoms with van der Waals surface area (Å²) in [4.78, 5) is 0. The summed E-state index contributed by atoms with van der Waals surface area (Å²) in [6.45, 7) is 1.61. The fraction of sp³-hybridized carbons (Fsp3) is 0.167. The predicted octanol–water partition coefficient (Wildman–Crippen LogP) is 2.38. The van der Waals surface area contributed by atoms with Gasteiger partial charge in [-0.1, -0.05) is 0 Å². The maximum Gasteiger partial charge on any atom is 0.573 e. The molecule has 0 unspecified atom stereocenters. The zero-order valence-electron chi connectivity index (χ0n) is 11.1. The predicted molar refractivity (Wildman–Crippen MR) is 69.3 cm³/mol. The van der Waals surface area contributed by atoms with Crippen LogP contribution in [0.1, 0.15) is 11.4 Å². The Balaban J connectivity index is 2.21. The van der Waals surface area contributed by atoms with E-state index in [9.17, 15) is 13.2 Å². The summed E-state index contributed by atoms with van der Waals surface area (Å²) in [6, 6.07) is 5.83. The Morgan fingerprint density at radius 2 is 2.18 bits per heavy atom. The fourth-order valence-corrected chi connectivity index (χ4v) is 1.60. The molecule has 0 bridgehead atoms. The normalized spacial score (nSPS) is 11.9. The number of anilines is 1. The minimum absolute atomic E-state index is 0.0635. The summed E-state index contributed by atoms with van der Waals surface area (Å²) in [6.07, 6.45) is -3.51. The zero-order chi connectivity index (χ0) is 16.2. The van der Waals surface area contributed by atoms with E-state index >= 15 is 0 Å². The van der Waals surface area contributed by atoms with E-state index in [1.807, 2.05) is 6.07 Å². The van der Waals surface area contributed by atoms with Crippen LogP contribution in [0.3, 0.4) is 0 Å². The molecule has 2 aromatic rings. The Kier molecular flexibility index (Phi) is 4.26. The molecule has 1 aromatic heterocycles. The molecule has 1 heterocycles. The van der Waals surface area contributed by atoms with Crippen LogP contribution in [0.4, 0.5) is 18.9 Å². The van der Waals surface area contributed by atoms with Crippen LogP contribution in [-0.2, 0) is 0 Å². The maximum atomic E-state index is 12.2. The Morgan fingerprint density at radius 3 is 2.77 bits per heavy atom. The average molecular weight is 310 g/mol.